The number of pyridine rings is 1. The van der Waals surface area contributed by atoms with Crippen molar-refractivity contribution in [2.75, 3.05) is 0 Å². The fraction of sp³-hybridized carbons (Fsp3) is 0.0556. The zero-order valence-corrected chi connectivity index (χ0v) is 32.1. The van der Waals surface area contributed by atoms with Gasteiger partial charge in [-0.15, -0.1) is 0 Å². The number of hydrogen-bond acceptors (Lipinski definition) is 3. The lowest BCUT2D eigenvalue weighted by Gasteiger charge is -2.22. The van der Waals surface area contributed by atoms with Crippen LogP contribution < -0.4 is 0 Å². The molecule has 1 aliphatic carbocycles. The van der Waals surface area contributed by atoms with Crippen LogP contribution >= 0.6 is 0 Å². The van der Waals surface area contributed by atoms with Crippen LogP contribution in [-0.4, -0.2) is 19.5 Å². The van der Waals surface area contributed by atoms with Gasteiger partial charge in [-0.25, -0.2) is 15.0 Å². The van der Waals surface area contributed by atoms with Gasteiger partial charge in [0.2, 0.25) is 0 Å². The van der Waals surface area contributed by atoms with Gasteiger partial charge in [0.05, 0.1) is 16.7 Å². The minimum Gasteiger partial charge on any atom is -0.309 e. The molecule has 0 fully saturated rings. The molecule has 11 aromatic rings. The first-order valence-electron chi connectivity index (χ1n) is 20.0. The molecule has 0 bridgehead atoms. The van der Waals surface area contributed by atoms with Crippen LogP contribution in [0, 0.1) is 0 Å². The van der Waals surface area contributed by atoms with Gasteiger partial charge in [0.15, 0.2) is 5.82 Å². The Bertz CT molecular complexity index is 3470. The average molecular weight is 741 g/mol. The van der Waals surface area contributed by atoms with Crippen LogP contribution in [0.1, 0.15) is 25.0 Å². The standard InChI is InChI=1S/C54H36N4/c1-54(2)44-29-28-33-16-9-10-23-38(33)48(44)43-31-42-39-24-13-14-27-46(39)58(47(42)32-45(43)54)37-22-15-21-36(30-37)53-56-50(35-19-7-4-8-20-35)52-51(57-53)41-26-12-11-25-40(41)49(55-52)34-17-5-3-6-18-34/h3-32H,1-2H3. The Balaban J connectivity index is 1.09. The summed E-state index contributed by atoms with van der Waals surface area (Å²) in [6, 6.07) is 65.1. The molecule has 3 heterocycles. The number of nitrogens with zero attached hydrogens (tertiary/aromatic N) is 4. The van der Waals surface area contributed by atoms with Crippen LogP contribution in [0.5, 0.6) is 0 Å². The summed E-state index contributed by atoms with van der Waals surface area (Å²) in [5.74, 6) is 0.665. The molecule has 1 aliphatic rings. The van der Waals surface area contributed by atoms with Crippen LogP contribution in [0.4, 0.5) is 0 Å². The fourth-order valence-corrected chi connectivity index (χ4v) is 9.59. The van der Waals surface area contributed by atoms with Crippen molar-refractivity contribution in [2.45, 2.75) is 19.3 Å². The lowest BCUT2D eigenvalue weighted by Crippen LogP contribution is -2.15. The van der Waals surface area contributed by atoms with E-state index >= 15 is 0 Å². The minimum atomic E-state index is -0.157. The third kappa shape index (κ3) is 4.72. The number of hydrogen-bond donors (Lipinski definition) is 0. The van der Waals surface area contributed by atoms with Crippen LogP contribution in [0.25, 0.3) is 105 Å². The van der Waals surface area contributed by atoms with E-state index < -0.39 is 0 Å². The summed E-state index contributed by atoms with van der Waals surface area (Å²) in [5, 5.41) is 7.18. The van der Waals surface area contributed by atoms with Crippen molar-refractivity contribution >= 4 is 54.4 Å². The Kier molecular flexibility index (Phi) is 6.94. The quantitative estimate of drug-likeness (QED) is 0.169. The molecule has 0 radical (unpaired) electrons. The van der Waals surface area contributed by atoms with E-state index in [9.17, 15) is 0 Å². The van der Waals surface area contributed by atoms with Crippen molar-refractivity contribution in [1.29, 1.82) is 0 Å². The summed E-state index contributed by atoms with van der Waals surface area (Å²) < 4.78 is 2.42. The largest absolute Gasteiger partial charge is 0.309 e. The zero-order chi connectivity index (χ0) is 38.5. The van der Waals surface area contributed by atoms with E-state index in [4.69, 9.17) is 15.0 Å². The van der Waals surface area contributed by atoms with E-state index in [1.807, 2.05) is 12.1 Å². The summed E-state index contributed by atoms with van der Waals surface area (Å²) in [6.07, 6.45) is 0. The lowest BCUT2D eigenvalue weighted by atomic mass is 9.82. The van der Waals surface area contributed by atoms with Crippen molar-refractivity contribution in [2.24, 2.45) is 0 Å². The normalized spacial score (nSPS) is 13.1. The van der Waals surface area contributed by atoms with Gasteiger partial charge in [-0.05, 0) is 63.4 Å². The van der Waals surface area contributed by atoms with Gasteiger partial charge in [0.25, 0.3) is 0 Å². The first-order valence-corrected chi connectivity index (χ1v) is 20.0. The summed E-state index contributed by atoms with van der Waals surface area (Å²) in [5.41, 5.74) is 15.1. The van der Waals surface area contributed by atoms with E-state index in [1.54, 1.807) is 0 Å². The molecule has 12 rings (SSSR count). The number of benzene rings is 8. The predicted octanol–water partition coefficient (Wildman–Crippen LogP) is 13.7. The third-order valence-corrected chi connectivity index (χ3v) is 12.4. The molecule has 0 saturated heterocycles. The second-order valence-corrected chi connectivity index (χ2v) is 16.0. The van der Waals surface area contributed by atoms with Gasteiger partial charge >= 0.3 is 0 Å². The molecule has 0 aliphatic heterocycles. The summed E-state index contributed by atoms with van der Waals surface area (Å²) >= 11 is 0. The number of aromatic nitrogens is 4. The van der Waals surface area contributed by atoms with Crippen molar-refractivity contribution < 1.29 is 0 Å². The topological polar surface area (TPSA) is 43.6 Å². The van der Waals surface area contributed by atoms with Crippen molar-refractivity contribution in [3.8, 4) is 50.7 Å². The van der Waals surface area contributed by atoms with Gasteiger partial charge < -0.3 is 4.57 Å². The molecule has 58 heavy (non-hydrogen) atoms. The summed E-state index contributed by atoms with van der Waals surface area (Å²) in [7, 11) is 0. The molecule has 0 amide bonds. The highest BCUT2D eigenvalue weighted by molar-refractivity contribution is 6.14. The Morgan fingerprint density at radius 1 is 0.414 bits per heavy atom. The van der Waals surface area contributed by atoms with E-state index in [-0.39, 0.29) is 5.41 Å². The maximum atomic E-state index is 5.37. The molecule has 3 aromatic heterocycles. The number of rotatable bonds is 4. The Morgan fingerprint density at radius 3 is 1.86 bits per heavy atom. The number of para-hydroxylation sites is 1. The van der Waals surface area contributed by atoms with Gasteiger partial charge in [-0.1, -0.05) is 166 Å². The molecule has 8 aromatic carbocycles. The predicted molar refractivity (Wildman–Crippen MR) is 241 cm³/mol. The van der Waals surface area contributed by atoms with Crippen molar-refractivity contribution in [3.63, 3.8) is 0 Å². The van der Waals surface area contributed by atoms with Crippen molar-refractivity contribution in [1.82, 2.24) is 19.5 Å². The van der Waals surface area contributed by atoms with Crippen molar-refractivity contribution in [3.05, 3.63) is 193 Å². The Hall–Kier alpha value is -7.43. The fourth-order valence-electron chi connectivity index (χ4n) is 9.59. The minimum absolute atomic E-state index is 0.157. The first kappa shape index (κ1) is 32.8. The van der Waals surface area contributed by atoms with Crippen LogP contribution in [0.3, 0.4) is 0 Å². The van der Waals surface area contributed by atoms with Crippen LogP contribution in [-0.2, 0) is 5.41 Å². The SMILES string of the molecule is CC1(C)c2cc3c(cc2-c2c1ccc1ccccc21)c1ccccc1n3-c1cccc(-c2nc(-c3ccccc3)c3nc(-c4ccccc4)c4ccccc4c3n2)c1. The molecular weight excluding hydrogens is 705 g/mol. The zero-order valence-electron chi connectivity index (χ0n) is 32.1. The Labute approximate surface area is 335 Å². The highest BCUT2D eigenvalue weighted by Crippen LogP contribution is 2.53. The van der Waals surface area contributed by atoms with Gasteiger partial charge in [-0.2, -0.15) is 0 Å². The lowest BCUT2D eigenvalue weighted by molar-refractivity contribution is 0.661. The van der Waals surface area contributed by atoms with E-state index in [0.717, 1.165) is 55.6 Å². The van der Waals surface area contributed by atoms with Crippen LogP contribution in [0.15, 0.2) is 182 Å². The molecule has 0 saturated carbocycles. The smallest absolute Gasteiger partial charge is 0.160 e. The van der Waals surface area contributed by atoms with Crippen LogP contribution in [0.2, 0.25) is 0 Å². The molecule has 0 atom stereocenters. The van der Waals surface area contributed by atoms with E-state index in [1.165, 1.54) is 54.8 Å². The second-order valence-electron chi connectivity index (χ2n) is 16.0. The second kappa shape index (κ2) is 12.3. The molecular formula is C54H36N4. The van der Waals surface area contributed by atoms with Gasteiger partial charge in [-0.3, -0.25) is 0 Å². The molecule has 0 unspecified atom stereocenters. The molecule has 4 nitrogen and oxygen atoms in total. The molecule has 0 N–H and O–H groups in total. The van der Waals surface area contributed by atoms with E-state index in [2.05, 4.69) is 188 Å². The highest BCUT2D eigenvalue weighted by Gasteiger charge is 2.37. The maximum Gasteiger partial charge on any atom is 0.160 e. The third-order valence-electron chi connectivity index (χ3n) is 12.4. The monoisotopic (exact) mass is 740 g/mol. The summed E-state index contributed by atoms with van der Waals surface area (Å²) in [4.78, 5) is 16.1. The van der Waals surface area contributed by atoms with Gasteiger partial charge in [0.1, 0.15) is 16.7 Å². The van der Waals surface area contributed by atoms with E-state index in [0.29, 0.717) is 5.82 Å². The molecule has 0 spiro atoms. The summed E-state index contributed by atoms with van der Waals surface area (Å²) in [6.45, 7) is 4.74. The average Bonchev–Trinajstić information content (AvgIpc) is 3.73. The molecule has 272 valence electrons. The first-order chi connectivity index (χ1) is 28.5. The Morgan fingerprint density at radius 2 is 1.07 bits per heavy atom. The number of fused-ring (bicyclic) bond motifs is 11. The molecule has 4 heteroatoms. The highest BCUT2D eigenvalue weighted by atomic mass is 15.0. The van der Waals surface area contributed by atoms with Gasteiger partial charge in [0, 0.05) is 49.3 Å². The maximum absolute atomic E-state index is 5.37.